The number of halogens is 5. The number of furan rings is 1. The molecule has 0 N–H and O–H groups in total. The van der Waals surface area contributed by atoms with Crippen LogP contribution in [0.2, 0.25) is 0 Å². The molecule has 2 aromatic heterocycles. The van der Waals surface area contributed by atoms with Crippen LogP contribution in [-0.4, -0.2) is 17.6 Å². The summed E-state index contributed by atoms with van der Waals surface area (Å²) in [6.45, 7) is 3.17. The summed E-state index contributed by atoms with van der Waals surface area (Å²) in [5, 5.41) is 0.136. The minimum absolute atomic E-state index is 0.0213. The third kappa shape index (κ3) is 4.01. The van der Waals surface area contributed by atoms with Crippen LogP contribution >= 0.6 is 0 Å². The lowest BCUT2D eigenvalue weighted by Gasteiger charge is -2.21. The van der Waals surface area contributed by atoms with E-state index >= 15 is 0 Å². The number of carbonyl (C=O) groups excluding carboxylic acids is 1. The van der Waals surface area contributed by atoms with Crippen molar-refractivity contribution in [3.8, 4) is 5.75 Å². The summed E-state index contributed by atoms with van der Waals surface area (Å²) in [4.78, 5) is 15.1. The third-order valence-electron chi connectivity index (χ3n) is 3.95. The lowest BCUT2D eigenvalue weighted by atomic mass is 10.1. The molecule has 0 atom stereocenters. The fourth-order valence-corrected chi connectivity index (χ4v) is 2.79. The van der Waals surface area contributed by atoms with Gasteiger partial charge < -0.3 is 13.9 Å². The molecular weight excluding hydrogens is 401 g/mol. The number of rotatable bonds is 5. The molecule has 1 aromatic carbocycles. The number of carbonyl (C=O) groups is 1. The van der Waals surface area contributed by atoms with Gasteiger partial charge in [-0.15, -0.1) is 0 Å². The molecule has 0 radical (unpaired) electrons. The lowest BCUT2D eigenvalue weighted by Crippen LogP contribution is -2.27. The van der Waals surface area contributed by atoms with Gasteiger partial charge in [-0.2, -0.15) is 22.0 Å². The van der Waals surface area contributed by atoms with Gasteiger partial charge >= 0.3 is 18.3 Å². The van der Waals surface area contributed by atoms with E-state index in [0.29, 0.717) is 6.07 Å². The van der Waals surface area contributed by atoms with Crippen molar-refractivity contribution in [2.75, 3.05) is 6.61 Å². The Bertz CT molecular complexity index is 1060. The second-order valence-corrected chi connectivity index (χ2v) is 5.93. The molecule has 0 fully saturated rings. The number of alkyl halides is 5. The molecule has 0 aliphatic rings. The van der Waals surface area contributed by atoms with Crippen molar-refractivity contribution in [3.63, 3.8) is 0 Å². The molecule has 0 bridgehead atoms. The molecule has 5 nitrogen and oxygen atoms in total. The van der Waals surface area contributed by atoms with Gasteiger partial charge in [0.15, 0.2) is 5.69 Å². The molecular formula is C19H14F5NO4. The van der Waals surface area contributed by atoms with E-state index in [4.69, 9.17) is 9.15 Å². The van der Waals surface area contributed by atoms with E-state index in [2.05, 4.69) is 9.72 Å². The van der Waals surface area contributed by atoms with Gasteiger partial charge in [0.1, 0.15) is 22.7 Å². The number of esters is 1. The molecule has 2 heterocycles. The highest BCUT2D eigenvalue weighted by molar-refractivity contribution is 6.04. The van der Waals surface area contributed by atoms with Crippen molar-refractivity contribution in [1.82, 2.24) is 4.98 Å². The van der Waals surface area contributed by atoms with Crippen LogP contribution in [0.15, 0.2) is 40.9 Å². The van der Waals surface area contributed by atoms with Crippen molar-refractivity contribution in [2.45, 2.75) is 26.1 Å². The highest BCUT2D eigenvalue weighted by Crippen LogP contribution is 2.40. The molecule has 3 rings (SSSR count). The summed E-state index contributed by atoms with van der Waals surface area (Å²) in [5.41, 5.74) is -2.95. The van der Waals surface area contributed by atoms with Gasteiger partial charge in [0, 0.05) is 11.6 Å². The van der Waals surface area contributed by atoms with Crippen molar-refractivity contribution >= 4 is 16.9 Å². The van der Waals surface area contributed by atoms with E-state index < -0.39 is 35.3 Å². The Hall–Kier alpha value is -3.17. The topological polar surface area (TPSA) is 61.6 Å². The second-order valence-electron chi connectivity index (χ2n) is 5.93. The maximum Gasteiger partial charge on any atom is 0.433 e. The van der Waals surface area contributed by atoms with Gasteiger partial charge in [-0.05, 0) is 44.2 Å². The van der Waals surface area contributed by atoms with E-state index in [1.807, 2.05) is 0 Å². The monoisotopic (exact) mass is 415 g/mol. The Morgan fingerprint density at radius 1 is 1.17 bits per heavy atom. The zero-order chi connectivity index (χ0) is 21.4. The van der Waals surface area contributed by atoms with Crippen LogP contribution in [0.3, 0.4) is 0 Å². The van der Waals surface area contributed by atoms with E-state index in [1.54, 1.807) is 6.92 Å². The molecule has 3 aromatic rings. The number of aryl methyl sites for hydroxylation is 1. The highest BCUT2D eigenvalue weighted by atomic mass is 19.4. The first-order valence-electron chi connectivity index (χ1n) is 8.34. The van der Waals surface area contributed by atoms with Crippen LogP contribution in [0.1, 0.15) is 34.3 Å². The number of benzene rings is 1. The molecule has 0 saturated heterocycles. The fourth-order valence-electron chi connectivity index (χ4n) is 2.79. The van der Waals surface area contributed by atoms with E-state index in [1.165, 1.54) is 13.0 Å². The average molecular weight is 415 g/mol. The maximum atomic E-state index is 14.5. The minimum Gasteiger partial charge on any atom is -0.462 e. The summed E-state index contributed by atoms with van der Waals surface area (Å²) < 4.78 is 83.0. The number of hydrogen-bond acceptors (Lipinski definition) is 5. The lowest BCUT2D eigenvalue weighted by molar-refractivity contribution is -0.196. The first kappa shape index (κ1) is 20.6. The normalized spacial score (nSPS) is 12.2. The molecule has 0 saturated carbocycles. The van der Waals surface area contributed by atoms with Crippen molar-refractivity contribution in [3.05, 3.63) is 59.1 Å². The first-order chi connectivity index (χ1) is 13.5. The van der Waals surface area contributed by atoms with Crippen molar-refractivity contribution < 1.29 is 40.6 Å². The van der Waals surface area contributed by atoms with Crippen LogP contribution in [0.25, 0.3) is 11.0 Å². The molecule has 0 aliphatic carbocycles. The average Bonchev–Trinajstić information content (AvgIpc) is 2.96. The van der Waals surface area contributed by atoms with Gasteiger partial charge in [0.05, 0.1) is 12.2 Å². The van der Waals surface area contributed by atoms with Gasteiger partial charge in [0.25, 0.3) is 0 Å². The predicted octanol–water partition coefficient (Wildman–Crippen LogP) is 5.46. The maximum absolute atomic E-state index is 14.5. The third-order valence-corrected chi connectivity index (χ3v) is 3.95. The van der Waals surface area contributed by atoms with E-state index in [0.717, 1.165) is 24.4 Å². The number of pyridine rings is 1. The molecule has 0 aliphatic heterocycles. The zero-order valence-corrected chi connectivity index (χ0v) is 15.1. The Morgan fingerprint density at radius 2 is 1.90 bits per heavy atom. The van der Waals surface area contributed by atoms with Gasteiger partial charge in [0.2, 0.25) is 0 Å². The van der Waals surface area contributed by atoms with Crippen LogP contribution < -0.4 is 4.74 Å². The van der Waals surface area contributed by atoms with Gasteiger partial charge in [-0.1, -0.05) is 0 Å². The summed E-state index contributed by atoms with van der Waals surface area (Å²) in [7, 11) is 0. The van der Waals surface area contributed by atoms with Gasteiger partial charge in [-0.3, -0.25) is 4.98 Å². The van der Waals surface area contributed by atoms with Crippen LogP contribution in [0.4, 0.5) is 22.0 Å². The quantitative estimate of drug-likeness (QED) is 0.409. The molecule has 10 heteroatoms. The van der Waals surface area contributed by atoms with Crippen LogP contribution in [0.5, 0.6) is 5.75 Å². The Kier molecular flexibility index (Phi) is 5.20. The summed E-state index contributed by atoms with van der Waals surface area (Å²) in [5.74, 6) is -0.987. The standard InChI is InChI=1S/C19H14F5NO4/c1-3-27-17(26)15-10(2)28-14-7-6-11(9-12(14)15)29-19(23,24)13-5-4-8-25-16(13)18(20,21)22/h4-9H,3H2,1-2H3. The number of aromatic nitrogens is 1. The zero-order valence-electron chi connectivity index (χ0n) is 15.1. The number of hydrogen-bond donors (Lipinski definition) is 0. The fraction of sp³-hybridized carbons (Fsp3) is 0.263. The smallest absolute Gasteiger partial charge is 0.433 e. The summed E-state index contributed by atoms with van der Waals surface area (Å²) >= 11 is 0. The van der Waals surface area contributed by atoms with Crippen molar-refractivity contribution in [1.29, 1.82) is 0 Å². The van der Waals surface area contributed by atoms with Crippen molar-refractivity contribution in [2.24, 2.45) is 0 Å². The first-order valence-corrected chi connectivity index (χ1v) is 8.34. The van der Waals surface area contributed by atoms with Gasteiger partial charge in [-0.25, -0.2) is 4.79 Å². The Morgan fingerprint density at radius 3 is 2.55 bits per heavy atom. The highest BCUT2D eigenvalue weighted by Gasteiger charge is 2.46. The second kappa shape index (κ2) is 7.34. The molecule has 29 heavy (non-hydrogen) atoms. The molecule has 0 unspecified atom stereocenters. The Balaban J connectivity index is 2.02. The number of fused-ring (bicyclic) bond motifs is 1. The SMILES string of the molecule is CCOC(=O)c1c(C)oc2ccc(OC(F)(F)c3cccnc3C(F)(F)F)cc12. The van der Waals surface area contributed by atoms with E-state index in [-0.39, 0.29) is 28.9 Å². The number of nitrogens with zero attached hydrogens (tertiary/aromatic N) is 1. The molecule has 154 valence electrons. The van der Waals surface area contributed by atoms with Crippen LogP contribution in [0, 0.1) is 6.92 Å². The summed E-state index contributed by atoms with van der Waals surface area (Å²) in [6, 6.07) is 4.97. The molecule has 0 spiro atoms. The number of ether oxygens (including phenoxy) is 2. The predicted molar refractivity (Wildman–Crippen MR) is 90.7 cm³/mol. The van der Waals surface area contributed by atoms with Crippen LogP contribution in [-0.2, 0) is 17.0 Å². The summed E-state index contributed by atoms with van der Waals surface area (Å²) in [6.07, 6.45) is -8.67. The molecule has 0 amide bonds. The largest absolute Gasteiger partial charge is 0.462 e. The Labute approximate surface area is 161 Å². The minimum atomic E-state index is -5.09. The van der Waals surface area contributed by atoms with E-state index in [9.17, 15) is 26.7 Å².